The molecule has 0 aliphatic rings. The van der Waals surface area contributed by atoms with Gasteiger partial charge in [0.2, 0.25) is 5.95 Å². The number of nitrogens with zero attached hydrogens (tertiary/aromatic N) is 7. The van der Waals surface area contributed by atoms with Crippen molar-refractivity contribution in [3.63, 3.8) is 0 Å². The molecule has 0 amide bonds. The van der Waals surface area contributed by atoms with Crippen molar-refractivity contribution in [3.8, 4) is 5.82 Å². The number of imidazole rings is 1. The average molecular weight is 360 g/mol. The number of aromatic nitrogens is 6. The lowest BCUT2D eigenvalue weighted by Gasteiger charge is -2.19. The molecule has 0 spiro atoms. The molecule has 4 rings (SSSR count). The Kier molecular flexibility index (Phi) is 4.52. The van der Waals surface area contributed by atoms with Crippen molar-refractivity contribution in [2.75, 3.05) is 17.7 Å². The van der Waals surface area contributed by atoms with E-state index in [0.717, 1.165) is 12.4 Å². The summed E-state index contributed by atoms with van der Waals surface area (Å²) in [6.07, 6.45) is 7.31. The fourth-order valence-corrected chi connectivity index (χ4v) is 2.87. The van der Waals surface area contributed by atoms with Crippen LogP contribution in [0.5, 0.6) is 0 Å². The molecule has 4 aromatic rings. The van der Waals surface area contributed by atoms with E-state index < -0.39 is 0 Å². The van der Waals surface area contributed by atoms with E-state index in [9.17, 15) is 0 Å². The standard InChI is InChI=1S/C19H20N8/c1-25(16-12-17(24-19(20)23-16)27-10-5-8-22-27)14-18-21-9-11-26(18)13-15-6-3-2-4-7-15/h2-12H,13-14H2,1H3,(H2,20,23,24). The molecule has 3 aromatic heterocycles. The molecule has 0 radical (unpaired) electrons. The summed E-state index contributed by atoms with van der Waals surface area (Å²) in [7, 11) is 1.95. The molecule has 2 N–H and O–H groups in total. The number of hydrogen-bond donors (Lipinski definition) is 1. The summed E-state index contributed by atoms with van der Waals surface area (Å²) in [4.78, 5) is 15.1. The first kappa shape index (κ1) is 16.8. The lowest BCUT2D eigenvalue weighted by atomic mass is 10.2. The predicted octanol–water partition coefficient (Wildman–Crippen LogP) is 2.13. The van der Waals surface area contributed by atoms with Crippen molar-refractivity contribution in [2.24, 2.45) is 0 Å². The highest BCUT2D eigenvalue weighted by atomic mass is 15.3. The second kappa shape index (κ2) is 7.28. The highest BCUT2D eigenvalue weighted by molar-refractivity contribution is 5.47. The number of rotatable bonds is 6. The highest BCUT2D eigenvalue weighted by Gasteiger charge is 2.12. The minimum absolute atomic E-state index is 0.206. The van der Waals surface area contributed by atoms with E-state index in [2.05, 4.69) is 36.8 Å². The molecule has 136 valence electrons. The molecular formula is C19H20N8. The fourth-order valence-electron chi connectivity index (χ4n) is 2.87. The zero-order valence-electron chi connectivity index (χ0n) is 15.0. The van der Waals surface area contributed by atoms with Crippen LogP contribution in [0.4, 0.5) is 11.8 Å². The van der Waals surface area contributed by atoms with Crippen LogP contribution in [-0.4, -0.2) is 36.3 Å². The van der Waals surface area contributed by atoms with Gasteiger partial charge < -0.3 is 15.2 Å². The number of benzene rings is 1. The third-order valence-corrected chi connectivity index (χ3v) is 4.22. The summed E-state index contributed by atoms with van der Waals surface area (Å²) in [5, 5.41) is 4.20. The van der Waals surface area contributed by atoms with Gasteiger partial charge in [-0.2, -0.15) is 15.1 Å². The van der Waals surface area contributed by atoms with Crippen molar-refractivity contribution >= 4 is 11.8 Å². The van der Waals surface area contributed by atoms with Crippen molar-refractivity contribution in [2.45, 2.75) is 13.1 Å². The third kappa shape index (κ3) is 3.79. The van der Waals surface area contributed by atoms with Crippen molar-refractivity contribution < 1.29 is 0 Å². The molecule has 3 heterocycles. The van der Waals surface area contributed by atoms with Gasteiger partial charge in [0.15, 0.2) is 5.82 Å². The van der Waals surface area contributed by atoms with E-state index >= 15 is 0 Å². The predicted molar refractivity (Wildman–Crippen MR) is 103 cm³/mol. The zero-order valence-corrected chi connectivity index (χ0v) is 15.0. The van der Waals surface area contributed by atoms with E-state index in [0.29, 0.717) is 18.2 Å². The molecule has 1 aromatic carbocycles. The van der Waals surface area contributed by atoms with Gasteiger partial charge >= 0.3 is 0 Å². The number of anilines is 2. The summed E-state index contributed by atoms with van der Waals surface area (Å²) < 4.78 is 3.79. The van der Waals surface area contributed by atoms with Crippen molar-refractivity contribution in [3.05, 3.63) is 78.6 Å². The van der Waals surface area contributed by atoms with Crippen LogP contribution in [-0.2, 0) is 13.1 Å². The smallest absolute Gasteiger partial charge is 0.224 e. The molecule has 8 nitrogen and oxygen atoms in total. The summed E-state index contributed by atoms with van der Waals surface area (Å²) in [6.45, 7) is 1.36. The topological polar surface area (TPSA) is 90.7 Å². The summed E-state index contributed by atoms with van der Waals surface area (Å²) in [5.41, 5.74) is 7.13. The molecule has 0 atom stereocenters. The van der Waals surface area contributed by atoms with Crippen molar-refractivity contribution in [1.82, 2.24) is 29.3 Å². The average Bonchev–Trinajstić information content (AvgIpc) is 3.35. The second-order valence-electron chi connectivity index (χ2n) is 6.21. The van der Waals surface area contributed by atoms with E-state index in [4.69, 9.17) is 5.73 Å². The van der Waals surface area contributed by atoms with Crippen LogP contribution >= 0.6 is 0 Å². The van der Waals surface area contributed by atoms with Gasteiger partial charge in [0, 0.05) is 44.4 Å². The van der Waals surface area contributed by atoms with Gasteiger partial charge in [-0.05, 0) is 11.6 Å². The lowest BCUT2D eigenvalue weighted by molar-refractivity contribution is 0.703. The largest absolute Gasteiger partial charge is 0.368 e. The summed E-state index contributed by atoms with van der Waals surface area (Å²) in [5.74, 6) is 2.49. The molecule has 8 heteroatoms. The van der Waals surface area contributed by atoms with Gasteiger partial charge in [-0.3, -0.25) is 0 Å². The Morgan fingerprint density at radius 2 is 1.89 bits per heavy atom. The van der Waals surface area contributed by atoms with Crippen LogP contribution < -0.4 is 10.6 Å². The number of nitrogens with two attached hydrogens (primary N) is 1. The minimum atomic E-state index is 0.206. The van der Waals surface area contributed by atoms with Crippen LogP contribution in [0.2, 0.25) is 0 Å². The molecular weight excluding hydrogens is 340 g/mol. The minimum Gasteiger partial charge on any atom is -0.368 e. The molecule has 0 bridgehead atoms. The monoisotopic (exact) mass is 360 g/mol. The summed E-state index contributed by atoms with van der Waals surface area (Å²) in [6, 6.07) is 14.0. The van der Waals surface area contributed by atoms with Gasteiger partial charge in [0.25, 0.3) is 0 Å². The first-order valence-electron chi connectivity index (χ1n) is 8.59. The van der Waals surface area contributed by atoms with Gasteiger partial charge in [-0.25, -0.2) is 9.67 Å². The van der Waals surface area contributed by atoms with Gasteiger partial charge in [-0.15, -0.1) is 0 Å². The maximum Gasteiger partial charge on any atom is 0.224 e. The molecule has 0 saturated carbocycles. The van der Waals surface area contributed by atoms with Crippen LogP contribution in [0.1, 0.15) is 11.4 Å². The molecule has 0 aliphatic heterocycles. The zero-order chi connectivity index (χ0) is 18.6. The Hall–Kier alpha value is -3.68. The highest BCUT2D eigenvalue weighted by Crippen LogP contribution is 2.17. The quantitative estimate of drug-likeness (QED) is 0.566. The maximum atomic E-state index is 5.90. The molecule has 0 aliphatic carbocycles. The van der Waals surface area contributed by atoms with E-state index in [1.807, 2.05) is 60.9 Å². The SMILES string of the molecule is CN(Cc1nccn1Cc1ccccc1)c1cc(-n2cccn2)nc(N)n1. The molecule has 27 heavy (non-hydrogen) atoms. The normalized spacial score (nSPS) is 10.9. The second-order valence-corrected chi connectivity index (χ2v) is 6.21. The Morgan fingerprint density at radius 3 is 2.67 bits per heavy atom. The van der Waals surface area contributed by atoms with Crippen molar-refractivity contribution in [1.29, 1.82) is 0 Å². The van der Waals surface area contributed by atoms with E-state index in [1.54, 1.807) is 10.9 Å². The van der Waals surface area contributed by atoms with Crippen LogP contribution in [0.3, 0.4) is 0 Å². The molecule has 0 fully saturated rings. The van der Waals surface area contributed by atoms with Crippen LogP contribution in [0.25, 0.3) is 5.82 Å². The third-order valence-electron chi connectivity index (χ3n) is 4.22. The number of nitrogen functional groups attached to an aromatic ring is 1. The van der Waals surface area contributed by atoms with E-state index in [-0.39, 0.29) is 5.95 Å². The fraction of sp³-hybridized carbons (Fsp3) is 0.158. The Morgan fingerprint density at radius 1 is 1.04 bits per heavy atom. The van der Waals surface area contributed by atoms with E-state index in [1.165, 1.54) is 5.56 Å². The van der Waals surface area contributed by atoms with Gasteiger partial charge in [-0.1, -0.05) is 30.3 Å². The van der Waals surface area contributed by atoms with Crippen LogP contribution in [0.15, 0.2) is 67.3 Å². The maximum absolute atomic E-state index is 5.90. The van der Waals surface area contributed by atoms with Crippen LogP contribution in [0, 0.1) is 0 Å². The first-order valence-corrected chi connectivity index (χ1v) is 8.59. The van der Waals surface area contributed by atoms with Gasteiger partial charge in [0.05, 0.1) is 6.54 Å². The van der Waals surface area contributed by atoms with Gasteiger partial charge in [0.1, 0.15) is 11.6 Å². The Bertz CT molecular complexity index is 1010. The Labute approximate surface area is 156 Å². The molecule has 0 saturated heterocycles. The Balaban J connectivity index is 1.55. The molecule has 0 unspecified atom stereocenters. The summed E-state index contributed by atoms with van der Waals surface area (Å²) >= 11 is 0. The first-order chi connectivity index (χ1) is 13.2. The number of hydrogen-bond acceptors (Lipinski definition) is 6. The lowest BCUT2D eigenvalue weighted by Crippen LogP contribution is -2.22.